The number of rotatable bonds is 6. The molecule has 1 aliphatic carbocycles. The number of hydrogen-bond acceptors (Lipinski definition) is 3. The number of nitrogens with zero attached hydrogens (tertiary/aromatic N) is 1. The van der Waals surface area contributed by atoms with Crippen molar-refractivity contribution in [2.45, 2.75) is 45.6 Å². The van der Waals surface area contributed by atoms with Gasteiger partial charge in [-0.15, -0.1) is 0 Å². The van der Waals surface area contributed by atoms with Crippen molar-refractivity contribution >= 4 is 5.69 Å². The molecule has 0 spiro atoms. The number of nitrogens with one attached hydrogen (secondary N) is 1. The SMILES string of the molecule is CCC1(CNC(C)c2cccc([N+](=O)[O-])c2)CCC1. The average Bonchev–Trinajstić information content (AvgIpc) is 2.38. The van der Waals surface area contributed by atoms with Gasteiger partial charge in [0.25, 0.3) is 5.69 Å². The molecular formula is C15H22N2O2. The summed E-state index contributed by atoms with van der Waals surface area (Å²) in [6.45, 7) is 5.33. The van der Waals surface area contributed by atoms with Gasteiger partial charge in [-0.3, -0.25) is 10.1 Å². The quantitative estimate of drug-likeness (QED) is 0.626. The van der Waals surface area contributed by atoms with Gasteiger partial charge in [-0.1, -0.05) is 25.5 Å². The minimum absolute atomic E-state index is 0.156. The Morgan fingerprint density at radius 1 is 1.47 bits per heavy atom. The van der Waals surface area contributed by atoms with Gasteiger partial charge in [0.15, 0.2) is 0 Å². The zero-order valence-electron chi connectivity index (χ0n) is 11.7. The minimum atomic E-state index is -0.338. The molecule has 0 amide bonds. The molecule has 0 bridgehead atoms. The molecule has 1 fully saturated rings. The number of nitro benzene ring substituents is 1. The van der Waals surface area contributed by atoms with Crippen LogP contribution in [0.1, 0.15) is 51.1 Å². The Morgan fingerprint density at radius 3 is 2.74 bits per heavy atom. The third-order valence-electron chi connectivity index (χ3n) is 4.53. The first-order valence-electron chi connectivity index (χ1n) is 7.04. The van der Waals surface area contributed by atoms with Gasteiger partial charge in [0.2, 0.25) is 0 Å². The third-order valence-corrected chi connectivity index (χ3v) is 4.53. The topological polar surface area (TPSA) is 55.2 Å². The number of hydrogen-bond donors (Lipinski definition) is 1. The molecule has 1 aromatic rings. The second-order valence-corrected chi connectivity index (χ2v) is 5.66. The van der Waals surface area contributed by atoms with Crippen molar-refractivity contribution in [1.82, 2.24) is 5.32 Å². The third kappa shape index (κ3) is 3.13. The zero-order chi connectivity index (χ0) is 13.9. The smallest absolute Gasteiger partial charge is 0.269 e. The molecule has 4 heteroatoms. The van der Waals surface area contributed by atoms with E-state index in [1.807, 2.05) is 6.07 Å². The predicted molar refractivity (Wildman–Crippen MR) is 76.1 cm³/mol. The van der Waals surface area contributed by atoms with Crippen LogP contribution in [0.4, 0.5) is 5.69 Å². The molecule has 1 atom stereocenters. The first-order valence-corrected chi connectivity index (χ1v) is 7.04. The van der Waals surface area contributed by atoms with Gasteiger partial charge in [0, 0.05) is 24.7 Å². The van der Waals surface area contributed by atoms with Crippen LogP contribution in [0.25, 0.3) is 0 Å². The zero-order valence-corrected chi connectivity index (χ0v) is 11.7. The molecular weight excluding hydrogens is 240 g/mol. The maximum absolute atomic E-state index is 10.8. The molecule has 0 heterocycles. The summed E-state index contributed by atoms with van der Waals surface area (Å²) in [7, 11) is 0. The van der Waals surface area contributed by atoms with Gasteiger partial charge in [-0.2, -0.15) is 0 Å². The highest BCUT2D eigenvalue weighted by Crippen LogP contribution is 2.43. The van der Waals surface area contributed by atoms with E-state index in [9.17, 15) is 10.1 Å². The summed E-state index contributed by atoms with van der Waals surface area (Å²) in [4.78, 5) is 10.4. The first kappa shape index (κ1) is 14.0. The summed E-state index contributed by atoms with van der Waals surface area (Å²) >= 11 is 0. The Labute approximate surface area is 114 Å². The monoisotopic (exact) mass is 262 g/mol. The van der Waals surface area contributed by atoms with Crippen LogP contribution in [0.3, 0.4) is 0 Å². The lowest BCUT2D eigenvalue weighted by molar-refractivity contribution is -0.384. The lowest BCUT2D eigenvalue weighted by Gasteiger charge is -2.42. The highest BCUT2D eigenvalue weighted by molar-refractivity contribution is 5.35. The molecule has 0 aliphatic heterocycles. The summed E-state index contributed by atoms with van der Waals surface area (Å²) in [6.07, 6.45) is 5.15. The van der Waals surface area contributed by atoms with E-state index in [1.54, 1.807) is 12.1 Å². The maximum atomic E-state index is 10.8. The highest BCUT2D eigenvalue weighted by atomic mass is 16.6. The predicted octanol–water partition coefficient (Wildman–Crippen LogP) is 3.83. The van der Waals surface area contributed by atoms with Crippen LogP contribution in [0.2, 0.25) is 0 Å². The summed E-state index contributed by atoms with van der Waals surface area (Å²) in [6, 6.07) is 7.06. The van der Waals surface area contributed by atoms with Crippen molar-refractivity contribution in [2.75, 3.05) is 6.54 Å². The number of benzene rings is 1. The van der Waals surface area contributed by atoms with E-state index in [0.29, 0.717) is 5.41 Å². The largest absolute Gasteiger partial charge is 0.310 e. The minimum Gasteiger partial charge on any atom is -0.310 e. The van der Waals surface area contributed by atoms with E-state index in [1.165, 1.54) is 31.7 Å². The molecule has 2 rings (SSSR count). The van der Waals surface area contributed by atoms with E-state index in [0.717, 1.165) is 12.1 Å². The fraction of sp³-hybridized carbons (Fsp3) is 0.600. The fourth-order valence-electron chi connectivity index (χ4n) is 2.73. The Bertz CT molecular complexity index is 450. The summed E-state index contributed by atoms with van der Waals surface area (Å²) in [5.74, 6) is 0. The van der Waals surface area contributed by atoms with Crippen molar-refractivity contribution in [3.05, 3.63) is 39.9 Å². The van der Waals surface area contributed by atoms with Gasteiger partial charge < -0.3 is 5.32 Å². The molecule has 0 aromatic heterocycles. The van der Waals surface area contributed by atoms with E-state index >= 15 is 0 Å². The molecule has 104 valence electrons. The van der Waals surface area contributed by atoms with Crippen LogP contribution in [0, 0.1) is 15.5 Å². The summed E-state index contributed by atoms with van der Waals surface area (Å²) in [5.41, 5.74) is 1.62. The average molecular weight is 262 g/mol. The van der Waals surface area contributed by atoms with Gasteiger partial charge >= 0.3 is 0 Å². The number of nitro groups is 1. The van der Waals surface area contributed by atoms with Crippen LogP contribution in [0.5, 0.6) is 0 Å². The van der Waals surface area contributed by atoms with E-state index in [4.69, 9.17) is 0 Å². The Morgan fingerprint density at radius 2 is 2.21 bits per heavy atom. The van der Waals surface area contributed by atoms with Crippen molar-refractivity contribution in [2.24, 2.45) is 5.41 Å². The Kier molecular flexibility index (Phi) is 4.20. The Balaban J connectivity index is 1.97. The van der Waals surface area contributed by atoms with Crippen LogP contribution in [-0.4, -0.2) is 11.5 Å². The maximum Gasteiger partial charge on any atom is 0.269 e. The van der Waals surface area contributed by atoms with Gasteiger partial charge in [0.05, 0.1) is 4.92 Å². The molecule has 1 aliphatic rings. The normalized spacial score (nSPS) is 18.6. The fourth-order valence-corrected chi connectivity index (χ4v) is 2.73. The molecule has 1 aromatic carbocycles. The van der Waals surface area contributed by atoms with Crippen LogP contribution in [-0.2, 0) is 0 Å². The molecule has 4 nitrogen and oxygen atoms in total. The molecule has 1 saturated carbocycles. The second kappa shape index (κ2) is 5.70. The van der Waals surface area contributed by atoms with Gasteiger partial charge in [-0.25, -0.2) is 0 Å². The second-order valence-electron chi connectivity index (χ2n) is 5.66. The van der Waals surface area contributed by atoms with Crippen molar-refractivity contribution in [3.63, 3.8) is 0 Å². The molecule has 19 heavy (non-hydrogen) atoms. The molecule has 1 unspecified atom stereocenters. The van der Waals surface area contributed by atoms with E-state index in [-0.39, 0.29) is 16.7 Å². The standard InChI is InChI=1S/C15H22N2O2/c1-3-15(8-5-9-15)11-16-12(2)13-6-4-7-14(10-13)17(18)19/h4,6-7,10,12,16H,3,5,8-9,11H2,1-2H3. The lowest BCUT2D eigenvalue weighted by Crippen LogP contribution is -2.40. The van der Waals surface area contributed by atoms with Crippen molar-refractivity contribution in [3.8, 4) is 0 Å². The van der Waals surface area contributed by atoms with Crippen LogP contribution >= 0.6 is 0 Å². The molecule has 0 saturated heterocycles. The van der Waals surface area contributed by atoms with E-state index < -0.39 is 0 Å². The summed E-state index contributed by atoms with van der Waals surface area (Å²) in [5, 5.41) is 14.3. The number of non-ortho nitro benzene ring substituents is 1. The Hall–Kier alpha value is -1.42. The highest BCUT2D eigenvalue weighted by Gasteiger charge is 2.34. The van der Waals surface area contributed by atoms with Gasteiger partial charge in [-0.05, 0) is 37.2 Å². The first-order chi connectivity index (χ1) is 9.06. The molecule has 0 radical (unpaired) electrons. The molecule has 1 N–H and O–H groups in total. The van der Waals surface area contributed by atoms with Crippen LogP contribution < -0.4 is 5.32 Å². The summed E-state index contributed by atoms with van der Waals surface area (Å²) < 4.78 is 0. The lowest BCUT2D eigenvalue weighted by atomic mass is 9.67. The van der Waals surface area contributed by atoms with Crippen LogP contribution in [0.15, 0.2) is 24.3 Å². The van der Waals surface area contributed by atoms with Gasteiger partial charge in [0.1, 0.15) is 0 Å². The van der Waals surface area contributed by atoms with E-state index in [2.05, 4.69) is 19.2 Å². The van der Waals surface area contributed by atoms with Crippen molar-refractivity contribution in [1.29, 1.82) is 0 Å². The van der Waals surface area contributed by atoms with Crippen molar-refractivity contribution < 1.29 is 4.92 Å².